The zero-order valence-electron chi connectivity index (χ0n) is 9.16. The van der Waals surface area contributed by atoms with Gasteiger partial charge in [-0.15, -0.1) is 0 Å². The average Bonchev–Trinajstić information content (AvgIpc) is 2.50. The number of carbonyl (C=O) groups is 2. The molecule has 0 aromatic rings. The van der Waals surface area contributed by atoms with Crippen LogP contribution in [0.2, 0.25) is 0 Å². The lowest BCUT2D eigenvalue weighted by atomic mass is 9.94. The average molecular weight is 213 g/mol. The normalized spacial score (nSPS) is 18.8. The van der Waals surface area contributed by atoms with Crippen molar-refractivity contribution in [1.82, 2.24) is 4.90 Å². The van der Waals surface area contributed by atoms with Gasteiger partial charge in [0.05, 0.1) is 6.54 Å². The highest BCUT2D eigenvalue weighted by atomic mass is 16.2. The van der Waals surface area contributed by atoms with Crippen molar-refractivity contribution in [2.24, 2.45) is 11.5 Å². The molecule has 0 aromatic heterocycles. The summed E-state index contributed by atoms with van der Waals surface area (Å²) < 4.78 is 0. The van der Waals surface area contributed by atoms with E-state index in [1.807, 2.05) is 0 Å². The summed E-state index contributed by atoms with van der Waals surface area (Å²) in [5.74, 6) is -0.596. The first-order valence-corrected chi connectivity index (χ1v) is 5.24. The molecule has 0 spiro atoms. The lowest BCUT2D eigenvalue weighted by Gasteiger charge is -2.25. The molecule has 15 heavy (non-hydrogen) atoms. The Balaban J connectivity index is 2.43. The van der Waals surface area contributed by atoms with E-state index in [4.69, 9.17) is 11.5 Å². The third kappa shape index (κ3) is 3.51. The number of carbonyl (C=O) groups excluding carboxylic acids is 2. The maximum atomic E-state index is 11.7. The Kier molecular flexibility index (Phi) is 3.68. The van der Waals surface area contributed by atoms with Crippen molar-refractivity contribution in [2.75, 3.05) is 13.6 Å². The van der Waals surface area contributed by atoms with Gasteiger partial charge in [0.2, 0.25) is 11.8 Å². The number of hydrogen-bond acceptors (Lipinski definition) is 3. The Bertz CT molecular complexity index is 259. The molecule has 0 heterocycles. The fourth-order valence-electron chi connectivity index (χ4n) is 2.01. The predicted molar refractivity (Wildman–Crippen MR) is 56.8 cm³/mol. The Hall–Kier alpha value is -1.10. The molecular weight excluding hydrogens is 194 g/mol. The van der Waals surface area contributed by atoms with Crippen LogP contribution >= 0.6 is 0 Å². The van der Waals surface area contributed by atoms with Crippen LogP contribution in [0.3, 0.4) is 0 Å². The van der Waals surface area contributed by atoms with Crippen LogP contribution in [0.1, 0.15) is 32.1 Å². The lowest BCUT2D eigenvalue weighted by molar-refractivity contribution is -0.134. The van der Waals surface area contributed by atoms with Gasteiger partial charge < -0.3 is 16.4 Å². The van der Waals surface area contributed by atoms with Crippen molar-refractivity contribution in [3.8, 4) is 0 Å². The zero-order chi connectivity index (χ0) is 11.5. The Morgan fingerprint density at radius 1 is 1.33 bits per heavy atom. The quantitative estimate of drug-likeness (QED) is 0.665. The van der Waals surface area contributed by atoms with Gasteiger partial charge in [0, 0.05) is 19.0 Å². The number of nitrogens with zero attached hydrogens (tertiary/aromatic N) is 1. The number of hydrogen-bond donors (Lipinski definition) is 2. The van der Waals surface area contributed by atoms with Crippen molar-refractivity contribution in [3.63, 3.8) is 0 Å². The van der Waals surface area contributed by atoms with E-state index in [0.717, 1.165) is 25.7 Å². The summed E-state index contributed by atoms with van der Waals surface area (Å²) in [4.78, 5) is 23.6. The van der Waals surface area contributed by atoms with Crippen LogP contribution in [-0.2, 0) is 9.59 Å². The smallest absolute Gasteiger partial charge is 0.237 e. The summed E-state index contributed by atoms with van der Waals surface area (Å²) in [6.07, 6.45) is 4.27. The number of likely N-dealkylation sites (N-methyl/N-ethyl adjacent to an activating group) is 1. The van der Waals surface area contributed by atoms with Gasteiger partial charge in [-0.25, -0.2) is 0 Å². The van der Waals surface area contributed by atoms with Crippen molar-refractivity contribution in [3.05, 3.63) is 0 Å². The van der Waals surface area contributed by atoms with Gasteiger partial charge in [-0.1, -0.05) is 12.8 Å². The minimum Gasteiger partial charge on any atom is -0.368 e. The summed E-state index contributed by atoms with van der Waals surface area (Å²) >= 11 is 0. The van der Waals surface area contributed by atoms with E-state index in [-0.39, 0.29) is 18.0 Å². The van der Waals surface area contributed by atoms with E-state index in [2.05, 4.69) is 0 Å². The molecule has 4 N–H and O–H groups in total. The first-order valence-electron chi connectivity index (χ1n) is 5.24. The molecule has 5 heteroatoms. The van der Waals surface area contributed by atoms with Gasteiger partial charge in [-0.2, -0.15) is 0 Å². The summed E-state index contributed by atoms with van der Waals surface area (Å²) in [7, 11) is 1.57. The van der Waals surface area contributed by atoms with Crippen LogP contribution in [0.25, 0.3) is 0 Å². The molecule has 1 aliphatic rings. The number of amides is 2. The zero-order valence-corrected chi connectivity index (χ0v) is 9.16. The fourth-order valence-corrected chi connectivity index (χ4v) is 2.01. The highest BCUT2D eigenvalue weighted by molar-refractivity contribution is 5.84. The maximum absolute atomic E-state index is 11.7. The minimum atomic E-state index is -0.497. The van der Waals surface area contributed by atoms with Crippen LogP contribution < -0.4 is 11.5 Å². The predicted octanol–water partition coefficient (Wildman–Crippen LogP) is -0.408. The van der Waals surface area contributed by atoms with Crippen molar-refractivity contribution in [2.45, 2.75) is 37.6 Å². The SMILES string of the molecule is CN(CC(N)=O)C(=O)CC1(N)CCCC1. The van der Waals surface area contributed by atoms with Gasteiger partial charge in [0.25, 0.3) is 0 Å². The summed E-state index contributed by atoms with van der Waals surface area (Å²) in [6, 6.07) is 0. The third-order valence-electron chi connectivity index (χ3n) is 2.92. The highest BCUT2D eigenvalue weighted by Crippen LogP contribution is 2.30. The van der Waals surface area contributed by atoms with E-state index in [9.17, 15) is 9.59 Å². The first kappa shape index (κ1) is 12.0. The van der Waals surface area contributed by atoms with E-state index >= 15 is 0 Å². The molecule has 2 amide bonds. The molecule has 0 saturated heterocycles. The van der Waals surface area contributed by atoms with Gasteiger partial charge in [-0.3, -0.25) is 9.59 Å². The summed E-state index contributed by atoms with van der Waals surface area (Å²) in [5, 5.41) is 0. The van der Waals surface area contributed by atoms with Gasteiger partial charge >= 0.3 is 0 Å². The molecular formula is C10H19N3O2. The second-order valence-corrected chi connectivity index (χ2v) is 4.46. The monoisotopic (exact) mass is 213 g/mol. The Morgan fingerprint density at radius 3 is 2.33 bits per heavy atom. The maximum Gasteiger partial charge on any atom is 0.237 e. The Labute approximate surface area is 89.8 Å². The third-order valence-corrected chi connectivity index (χ3v) is 2.92. The van der Waals surface area contributed by atoms with Gasteiger partial charge in [0.1, 0.15) is 0 Å². The number of rotatable bonds is 4. The fraction of sp³-hybridized carbons (Fsp3) is 0.800. The number of primary amides is 1. The van der Waals surface area contributed by atoms with Crippen LogP contribution in [0.15, 0.2) is 0 Å². The molecule has 0 atom stereocenters. The molecule has 86 valence electrons. The first-order chi connectivity index (χ1) is 6.93. The molecule has 1 fully saturated rings. The standard InChI is InChI=1S/C10H19N3O2/c1-13(7-8(11)14)9(15)6-10(12)4-2-3-5-10/h2-7,12H2,1H3,(H2,11,14). The van der Waals surface area contributed by atoms with Crippen LogP contribution in [0.4, 0.5) is 0 Å². The van der Waals surface area contributed by atoms with Crippen molar-refractivity contribution < 1.29 is 9.59 Å². The molecule has 1 rings (SSSR count). The topological polar surface area (TPSA) is 89.4 Å². The minimum absolute atomic E-state index is 0.0328. The molecule has 5 nitrogen and oxygen atoms in total. The van der Waals surface area contributed by atoms with E-state index in [1.165, 1.54) is 4.90 Å². The van der Waals surface area contributed by atoms with Gasteiger partial charge in [0.15, 0.2) is 0 Å². The lowest BCUT2D eigenvalue weighted by Crippen LogP contribution is -2.44. The van der Waals surface area contributed by atoms with E-state index in [0.29, 0.717) is 6.42 Å². The Morgan fingerprint density at radius 2 is 1.87 bits per heavy atom. The van der Waals surface area contributed by atoms with Crippen LogP contribution in [-0.4, -0.2) is 35.8 Å². The van der Waals surface area contributed by atoms with Crippen LogP contribution in [0.5, 0.6) is 0 Å². The molecule has 0 aromatic carbocycles. The molecule has 0 aliphatic heterocycles. The van der Waals surface area contributed by atoms with E-state index < -0.39 is 5.91 Å². The molecule has 1 aliphatic carbocycles. The second kappa shape index (κ2) is 4.61. The second-order valence-electron chi connectivity index (χ2n) is 4.46. The largest absolute Gasteiger partial charge is 0.368 e. The van der Waals surface area contributed by atoms with Crippen molar-refractivity contribution >= 4 is 11.8 Å². The molecule has 1 saturated carbocycles. The van der Waals surface area contributed by atoms with Gasteiger partial charge in [-0.05, 0) is 12.8 Å². The molecule has 0 bridgehead atoms. The van der Waals surface area contributed by atoms with Crippen LogP contribution in [0, 0.1) is 0 Å². The summed E-state index contributed by atoms with van der Waals surface area (Å²) in [6.45, 7) is -0.0328. The summed E-state index contributed by atoms with van der Waals surface area (Å²) in [5.41, 5.74) is 10.7. The highest BCUT2D eigenvalue weighted by Gasteiger charge is 2.32. The van der Waals surface area contributed by atoms with Crippen molar-refractivity contribution in [1.29, 1.82) is 0 Å². The number of nitrogens with two attached hydrogens (primary N) is 2. The molecule has 0 unspecified atom stereocenters. The van der Waals surface area contributed by atoms with E-state index in [1.54, 1.807) is 7.05 Å². The molecule has 0 radical (unpaired) electrons.